The maximum Gasteiger partial charge on any atom is 0.411 e. The first-order chi connectivity index (χ1) is 22.2. The molecular weight excluding hydrogens is 592 g/mol. The van der Waals surface area contributed by atoms with Gasteiger partial charge in [0.05, 0.1) is 29.8 Å². The van der Waals surface area contributed by atoms with Crippen LogP contribution in [0.15, 0.2) is 72.6 Å². The lowest BCUT2D eigenvalue weighted by Crippen LogP contribution is -2.37. The van der Waals surface area contributed by atoms with E-state index in [0.717, 1.165) is 57.9 Å². The van der Waals surface area contributed by atoms with Crippen molar-refractivity contribution in [2.24, 2.45) is 0 Å². The Hall–Kier alpha value is -4.86. The predicted molar refractivity (Wildman–Crippen MR) is 181 cm³/mol. The minimum atomic E-state index is -0.570. The molecule has 246 valence electrons. The van der Waals surface area contributed by atoms with E-state index in [-0.39, 0.29) is 24.3 Å². The normalized spacial score (nSPS) is 18.4. The number of ether oxygens (including phenoxy) is 2. The van der Waals surface area contributed by atoms with Gasteiger partial charge >= 0.3 is 12.2 Å². The predicted octanol–water partition coefficient (Wildman–Crippen LogP) is 8.44. The topological polar surface area (TPSA) is 116 Å². The summed E-state index contributed by atoms with van der Waals surface area (Å²) in [6.07, 6.45) is 6.81. The second-order valence-corrected chi connectivity index (χ2v) is 14.4. The van der Waals surface area contributed by atoms with E-state index in [2.05, 4.69) is 74.5 Å². The van der Waals surface area contributed by atoms with Crippen molar-refractivity contribution in [3.8, 4) is 33.6 Å². The monoisotopic (exact) mass is 636 g/mol. The van der Waals surface area contributed by atoms with Gasteiger partial charge in [-0.2, -0.15) is 0 Å². The number of nitrogens with zero attached hydrogens (tertiary/aromatic N) is 4. The van der Waals surface area contributed by atoms with Crippen LogP contribution in [0.1, 0.15) is 85.0 Å². The number of nitrogens with one attached hydrogen (secondary N) is 2. The van der Waals surface area contributed by atoms with E-state index in [1.165, 1.54) is 0 Å². The number of hydrogen-bond donors (Lipinski definition) is 2. The Morgan fingerprint density at radius 2 is 1.19 bits per heavy atom. The van der Waals surface area contributed by atoms with Crippen LogP contribution in [-0.2, 0) is 9.47 Å². The number of rotatable bonds is 5. The molecule has 0 aliphatic carbocycles. The summed E-state index contributed by atoms with van der Waals surface area (Å²) in [7, 11) is 0. The maximum atomic E-state index is 12.9. The quantitative estimate of drug-likeness (QED) is 0.212. The molecule has 2 atom stereocenters. The van der Waals surface area contributed by atoms with Gasteiger partial charge in [0.1, 0.15) is 28.9 Å². The first kappa shape index (κ1) is 32.1. The molecule has 2 aliphatic heterocycles. The van der Waals surface area contributed by atoms with E-state index < -0.39 is 11.2 Å². The van der Waals surface area contributed by atoms with E-state index in [0.29, 0.717) is 18.9 Å². The van der Waals surface area contributed by atoms with Crippen LogP contribution in [0.25, 0.3) is 33.6 Å². The highest BCUT2D eigenvalue weighted by atomic mass is 16.6. The van der Waals surface area contributed by atoms with Gasteiger partial charge in [0.2, 0.25) is 0 Å². The summed E-state index contributed by atoms with van der Waals surface area (Å²) in [5.41, 5.74) is 5.99. The summed E-state index contributed by atoms with van der Waals surface area (Å²) in [4.78, 5) is 45.3. The standard InChI is InChI=1S/C37H44N6O4/c1-23-19-31(43(22-23)35(45)47-37(5,6)7)33-39-21-29(41-33)27-16-12-25(13-17-27)24-10-14-26(15-11-24)28-20-38-32(40-28)30-9-8-18-42(30)34(44)46-36(2,3)4/h10-17,19-21,30-31H,8-9,18,22H2,1-7H3,(H,38,40)(H,39,41). The van der Waals surface area contributed by atoms with Gasteiger partial charge in [-0.3, -0.25) is 9.80 Å². The highest BCUT2D eigenvalue weighted by molar-refractivity contribution is 5.73. The summed E-state index contributed by atoms with van der Waals surface area (Å²) in [5.74, 6) is 1.48. The first-order valence-electron chi connectivity index (χ1n) is 16.2. The van der Waals surface area contributed by atoms with E-state index >= 15 is 0 Å². The fraction of sp³-hybridized carbons (Fsp3) is 0.405. The minimum Gasteiger partial charge on any atom is -0.444 e. The number of aromatic amines is 2. The molecule has 0 spiro atoms. The van der Waals surface area contributed by atoms with Gasteiger partial charge in [0.15, 0.2) is 0 Å². The number of hydrogen-bond acceptors (Lipinski definition) is 6. The average Bonchev–Trinajstić information content (AvgIpc) is 3.81. The zero-order valence-electron chi connectivity index (χ0n) is 28.3. The molecule has 0 bridgehead atoms. The number of imidazole rings is 2. The van der Waals surface area contributed by atoms with E-state index in [9.17, 15) is 9.59 Å². The number of H-pyrrole nitrogens is 2. The Bertz CT molecular complexity index is 1770. The van der Waals surface area contributed by atoms with Crippen molar-refractivity contribution >= 4 is 12.2 Å². The van der Waals surface area contributed by atoms with Crippen LogP contribution in [-0.4, -0.2) is 66.2 Å². The fourth-order valence-electron chi connectivity index (χ4n) is 6.07. The summed E-state index contributed by atoms with van der Waals surface area (Å²) >= 11 is 0. The average molecular weight is 637 g/mol. The smallest absolute Gasteiger partial charge is 0.411 e. The zero-order chi connectivity index (χ0) is 33.5. The second kappa shape index (κ2) is 12.4. The fourth-order valence-corrected chi connectivity index (χ4v) is 6.07. The first-order valence-corrected chi connectivity index (χ1v) is 16.2. The molecule has 2 aromatic carbocycles. The number of benzene rings is 2. The van der Waals surface area contributed by atoms with Gasteiger partial charge in [-0.15, -0.1) is 0 Å². The van der Waals surface area contributed by atoms with Gasteiger partial charge in [0, 0.05) is 13.1 Å². The van der Waals surface area contributed by atoms with Crippen molar-refractivity contribution in [3.05, 3.63) is 84.2 Å². The molecule has 2 N–H and O–H groups in total. The molecule has 10 nitrogen and oxygen atoms in total. The number of carbonyl (C=O) groups excluding carboxylic acids is 2. The van der Waals surface area contributed by atoms with Gasteiger partial charge in [-0.1, -0.05) is 60.2 Å². The largest absolute Gasteiger partial charge is 0.444 e. The Morgan fingerprint density at radius 3 is 1.72 bits per heavy atom. The summed E-state index contributed by atoms with van der Waals surface area (Å²) in [6.45, 7) is 14.4. The molecule has 1 fully saturated rings. The Kier molecular flexibility index (Phi) is 8.46. The summed E-state index contributed by atoms with van der Waals surface area (Å²) < 4.78 is 11.3. The molecular formula is C37H44N6O4. The van der Waals surface area contributed by atoms with Crippen LogP contribution in [0.3, 0.4) is 0 Å². The summed E-state index contributed by atoms with van der Waals surface area (Å²) in [5, 5.41) is 0. The van der Waals surface area contributed by atoms with Crippen LogP contribution in [0.4, 0.5) is 9.59 Å². The number of amides is 2. The number of aromatic nitrogens is 4. The SMILES string of the molecule is CC1=CC(c2ncc(-c3ccc(-c4ccc(-c5cnc(C6CCCN6C(=O)OC(C)(C)C)[nH]5)cc4)cc3)[nH]2)N(C(=O)OC(C)(C)C)C1. The van der Waals surface area contributed by atoms with Crippen molar-refractivity contribution in [1.29, 1.82) is 0 Å². The molecule has 4 heterocycles. The second-order valence-electron chi connectivity index (χ2n) is 14.4. The molecule has 0 radical (unpaired) electrons. The molecule has 10 heteroatoms. The van der Waals surface area contributed by atoms with Crippen LogP contribution >= 0.6 is 0 Å². The highest BCUT2D eigenvalue weighted by Gasteiger charge is 2.35. The van der Waals surface area contributed by atoms with Crippen molar-refractivity contribution in [3.63, 3.8) is 0 Å². The molecule has 47 heavy (non-hydrogen) atoms. The lowest BCUT2D eigenvalue weighted by Gasteiger charge is -2.27. The third-order valence-corrected chi connectivity index (χ3v) is 8.22. The van der Waals surface area contributed by atoms with Gasteiger partial charge in [0.25, 0.3) is 0 Å². The third kappa shape index (κ3) is 7.26. The van der Waals surface area contributed by atoms with Gasteiger partial charge < -0.3 is 19.4 Å². The van der Waals surface area contributed by atoms with Crippen molar-refractivity contribution in [1.82, 2.24) is 29.7 Å². The summed E-state index contributed by atoms with van der Waals surface area (Å²) in [6, 6.07) is 16.3. The number of likely N-dealkylation sites (tertiary alicyclic amines) is 1. The van der Waals surface area contributed by atoms with Crippen LogP contribution in [0, 0.1) is 0 Å². The van der Waals surface area contributed by atoms with Crippen LogP contribution in [0.5, 0.6) is 0 Å². The molecule has 6 rings (SSSR count). The molecule has 1 saturated heterocycles. The Morgan fingerprint density at radius 1 is 0.723 bits per heavy atom. The Labute approximate surface area is 276 Å². The molecule has 0 saturated carbocycles. The Balaban J connectivity index is 1.12. The number of carbonyl (C=O) groups is 2. The minimum absolute atomic E-state index is 0.120. The molecule has 2 aromatic heterocycles. The van der Waals surface area contributed by atoms with Gasteiger partial charge in [-0.05, 0) is 83.6 Å². The van der Waals surface area contributed by atoms with E-state index in [4.69, 9.17) is 9.47 Å². The van der Waals surface area contributed by atoms with Crippen molar-refractivity contribution in [2.75, 3.05) is 13.1 Å². The van der Waals surface area contributed by atoms with Crippen molar-refractivity contribution < 1.29 is 19.1 Å². The molecule has 2 aliphatic rings. The third-order valence-electron chi connectivity index (χ3n) is 8.22. The van der Waals surface area contributed by atoms with Crippen LogP contribution < -0.4 is 0 Å². The molecule has 4 aromatic rings. The highest BCUT2D eigenvalue weighted by Crippen LogP contribution is 2.34. The lowest BCUT2D eigenvalue weighted by molar-refractivity contribution is 0.0213. The molecule has 2 amide bonds. The van der Waals surface area contributed by atoms with Crippen LogP contribution in [0.2, 0.25) is 0 Å². The lowest BCUT2D eigenvalue weighted by atomic mass is 10.0. The van der Waals surface area contributed by atoms with Gasteiger partial charge in [-0.25, -0.2) is 19.6 Å². The van der Waals surface area contributed by atoms with E-state index in [1.54, 1.807) is 9.80 Å². The zero-order valence-corrected chi connectivity index (χ0v) is 28.3. The van der Waals surface area contributed by atoms with E-state index in [1.807, 2.05) is 60.9 Å². The molecule has 2 unspecified atom stereocenters. The van der Waals surface area contributed by atoms with Crippen molar-refractivity contribution in [2.45, 2.75) is 84.6 Å². The maximum absolute atomic E-state index is 12.9.